The molecule has 2 aliphatic rings. The third-order valence-corrected chi connectivity index (χ3v) is 7.06. The van der Waals surface area contributed by atoms with Gasteiger partial charge in [-0.1, -0.05) is 5.16 Å². The molecular weight excluding hydrogens is 437 g/mol. The molecule has 0 aliphatic heterocycles. The summed E-state index contributed by atoms with van der Waals surface area (Å²) in [5.74, 6) is -0.0852. The van der Waals surface area contributed by atoms with Crippen LogP contribution in [0.3, 0.4) is 0 Å². The summed E-state index contributed by atoms with van der Waals surface area (Å²) in [5.41, 5.74) is 7.81. The van der Waals surface area contributed by atoms with Gasteiger partial charge in [-0.2, -0.15) is 0 Å². The third-order valence-electron chi connectivity index (χ3n) is 5.44. The van der Waals surface area contributed by atoms with Crippen molar-refractivity contribution in [1.29, 1.82) is 0 Å². The van der Waals surface area contributed by atoms with Crippen LogP contribution in [0, 0.1) is 11.8 Å². The molecule has 2 aromatic heterocycles. The normalized spacial score (nSPS) is 19.8. The van der Waals surface area contributed by atoms with Crippen LogP contribution in [-0.4, -0.2) is 54.8 Å². The fourth-order valence-corrected chi connectivity index (χ4v) is 4.92. The molecule has 32 heavy (non-hydrogen) atoms. The van der Waals surface area contributed by atoms with E-state index >= 15 is 0 Å². The van der Waals surface area contributed by atoms with Crippen LogP contribution in [0.5, 0.6) is 0 Å². The summed E-state index contributed by atoms with van der Waals surface area (Å²) in [6, 6.07) is -1.09. The number of fused-ring (bicyclic) bond motifs is 1. The number of imidazole rings is 1. The van der Waals surface area contributed by atoms with Crippen LogP contribution < -0.4 is 10.8 Å². The fourth-order valence-electron chi connectivity index (χ4n) is 3.38. The number of carbonyl (C=O) groups is 1. The van der Waals surface area contributed by atoms with E-state index < -0.39 is 25.6 Å². The van der Waals surface area contributed by atoms with Crippen molar-refractivity contribution in [2.75, 3.05) is 12.1 Å². The Morgan fingerprint density at radius 3 is 2.62 bits per heavy atom. The maximum Gasteiger partial charge on any atom is 0.364 e. The molecule has 2 aliphatic carbocycles. The van der Waals surface area contributed by atoms with Crippen LogP contribution in [0.4, 0.5) is 5.82 Å². The van der Waals surface area contributed by atoms with E-state index in [2.05, 4.69) is 25.2 Å². The molecule has 4 rings (SSSR count). The topological polar surface area (TPSA) is 167 Å². The van der Waals surface area contributed by atoms with Gasteiger partial charge >= 0.3 is 13.5 Å². The molecule has 174 valence electrons. The maximum atomic E-state index is 13.4. The first kappa shape index (κ1) is 22.6. The minimum absolute atomic E-state index is 0.284. The Bertz CT molecular complexity index is 1050. The zero-order valence-corrected chi connectivity index (χ0v) is 18.9. The smallest absolute Gasteiger partial charge is 0.364 e. The number of nitrogens with zero attached hydrogens (tertiary/aromatic N) is 5. The summed E-state index contributed by atoms with van der Waals surface area (Å²) in [7, 11) is -3.72. The SMILES string of the molecule is CC(Cn1cnc2c(N)ncnc21)OCP(=O)(NC(C)C(=O)O)ON=C(C1CC1)C1CC1. The number of nitrogens with one attached hydrogen (secondary N) is 1. The number of oxime groups is 1. The lowest BCUT2D eigenvalue weighted by Gasteiger charge is -2.22. The lowest BCUT2D eigenvalue weighted by molar-refractivity contribution is -0.138. The van der Waals surface area contributed by atoms with Gasteiger partial charge in [-0.15, -0.1) is 0 Å². The van der Waals surface area contributed by atoms with Crippen molar-refractivity contribution in [1.82, 2.24) is 24.6 Å². The molecule has 2 heterocycles. The van der Waals surface area contributed by atoms with E-state index in [1.165, 1.54) is 13.3 Å². The average Bonchev–Trinajstić information content (AvgIpc) is 3.67. The Balaban J connectivity index is 1.42. The number of nitrogens with two attached hydrogens (primary N) is 1. The Morgan fingerprint density at radius 2 is 2.00 bits per heavy atom. The Morgan fingerprint density at radius 1 is 1.31 bits per heavy atom. The number of carboxylic acids is 1. The molecule has 13 heteroatoms. The van der Waals surface area contributed by atoms with Crippen molar-refractivity contribution < 1.29 is 23.8 Å². The van der Waals surface area contributed by atoms with Crippen LogP contribution in [0.25, 0.3) is 11.2 Å². The van der Waals surface area contributed by atoms with E-state index in [0.29, 0.717) is 29.5 Å². The van der Waals surface area contributed by atoms with Gasteiger partial charge in [0.25, 0.3) is 0 Å². The molecule has 0 saturated heterocycles. The molecule has 0 bridgehead atoms. The van der Waals surface area contributed by atoms with Gasteiger partial charge in [0.2, 0.25) is 0 Å². The van der Waals surface area contributed by atoms with Gasteiger partial charge in [0.15, 0.2) is 11.5 Å². The van der Waals surface area contributed by atoms with E-state index in [1.54, 1.807) is 17.8 Å². The number of hydrogen-bond donors (Lipinski definition) is 3. The summed E-state index contributed by atoms with van der Waals surface area (Å²) in [6.07, 6.45) is 6.43. The number of anilines is 1. The number of rotatable bonds is 12. The molecule has 12 nitrogen and oxygen atoms in total. The number of carboxylic acid groups (broad SMARTS) is 1. The summed E-state index contributed by atoms with van der Waals surface area (Å²) >= 11 is 0. The van der Waals surface area contributed by atoms with Crippen molar-refractivity contribution >= 4 is 36.2 Å². The van der Waals surface area contributed by atoms with Crippen molar-refractivity contribution in [2.24, 2.45) is 17.0 Å². The van der Waals surface area contributed by atoms with E-state index in [-0.39, 0.29) is 12.2 Å². The lowest BCUT2D eigenvalue weighted by atomic mass is 10.2. The number of nitrogen functional groups attached to an aromatic ring is 1. The summed E-state index contributed by atoms with van der Waals surface area (Å²) in [5, 5.41) is 16.0. The molecule has 3 atom stereocenters. The minimum atomic E-state index is -3.72. The Hall–Kier alpha value is -2.56. The number of hydrogen-bond acceptors (Lipinski definition) is 9. The van der Waals surface area contributed by atoms with Gasteiger partial charge in [0.05, 0.1) is 24.7 Å². The monoisotopic (exact) mass is 465 g/mol. The van der Waals surface area contributed by atoms with Crippen LogP contribution in [0.15, 0.2) is 17.8 Å². The maximum absolute atomic E-state index is 13.4. The van der Waals surface area contributed by atoms with Crippen molar-refractivity contribution in [2.45, 2.75) is 58.2 Å². The standard InChI is InChI=1S/C19H28N7O5P/c1-11(7-26-9-23-16-17(20)21-8-22-18(16)26)30-10-32(29,25-12(2)19(27)28)31-24-15(13-3-4-13)14-5-6-14/h8-9,11-14H,3-7,10H2,1-2H3,(H,25,29)(H,27,28)(H2,20,21,22). The first-order valence-corrected chi connectivity index (χ1v) is 12.5. The first-order chi connectivity index (χ1) is 15.3. The third kappa shape index (κ3) is 5.43. The van der Waals surface area contributed by atoms with Crippen LogP contribution >= 0.6 is 7.52 Å². The summed E-state index contributed by atoms with van der Waals surface area (Å²) in [4.78, 5) is 23.6. The number of aromatic nitrogens is 4. The quantitative estimate of drug-likeness (QED) is 0.240. The van der Waals surface area contributed by atoms with Gasteiger partial charge in [0, 0.05) is 11.8 Å². The highest BCUT2D eigenvalue weighted by Gasteiger charge is 2.40. The summed E-state index contributed by atoms with van der Waals surface area (Å²) in [6.45, 7) is 3.56. The van der Waals surface area contributed by atoms with Gasteiger partial charge in [-0.3, -0.25) is 9.36 Å². The number of ether oxygens (including phenoxy) is 1. The molecule has 0 aromatic carbocycles. The predicted molar refractivity (Wildman–Crippen MR) is 117 cm³/mol. The van der Waals surface area contributed by atoms with E-state index in [9.17, 15) is 14.5 Å². The molecular formula is C19H28N7O5P. The van der Waals surface area contributed by atoms with E-state index in [4.69, 9.17) is 15.1 Å². The van der Waals surface area contributed by atoms with E-state index in [1.807, 2.05) is 0 Å². The largest absolute Gasteiger partial charge is 0.480 e. The number of aliphatic carboxylic acids is 1. The molecule has 4 N–H and O–H groups in total. The van der Waals surface area contributed by atoms with Crippen LogP contribution in [-0.2, 0) is 25.3 Å². The molecule has 3 unspecified atom stereocenters. The predicted octanol–water partition coefficient (Wildman–Crippen LogP) is 2.22. The minimum Gasteiger partial charge on any atom is -0.480 e. The zero-order chi connectivity index (χ0) is 22.9. The Labute approximate surface area is 185 Å². The summed E-state index contributed by atoms with van der Waals surface area (Å²) < 4.78 is 26.4. The van der Waals surface area contributed by atoms with Crippen molar-refractivity contribution in [3.8, 4) is 0 Å². The molecule has 0 amide bonds. The lowest BCUT2D eigenvalue weighted by Crippen LogP contribution is -2.33. The molecule has 2 saturated carbocycles. The molecule has 2 aromatic rings. The highest BCUT2D eigenvalue weighted by molar-refractivity contribution is 7.56. The second kappa shape index (κ2) is 9.13. The van der Waals surface area contributed by atoms with Gasteiger partial charge in [-0.05, 0) is 39.5 Å². The van der Waals surface area contributed by atoms with Gasteiger partial charge in [0.1, 0.15) is 24.2 Å². The highest BCUT2D eigenvalue weighted by Crippen LogP contribution is 2.47. The van der Waals surface area contributed by atoms with Crippen LogP contribution in [0.1, 0.15) is 39.5 Å². The van der Waals surface area contributed by atoms with Crippen molar-refractivity contribution in [3.05, 3.63) is 12.7 Å². The highest BCUT2D eigenvalue weighted by atomic mass is 31.2. The molecule has 2 fully saturated rings. The fraction of sp³-hybridized carbons (Fsp3) is 0.632. The van der Waals surface area contributed by atoms with Crippen molar-refractivity contribution in [3.63, 3.8) is 0 Å². The molecule has 0 radical (unpaired) electrons. The second-order valence-corrected chi connectivity index (χ2v) is 10.5. The zero-order valence-electron chi connectivity index (χ0n) is 18.0. The van der Waals surface area contributed by atoms with Gasteiger partial charge < -0.3 is 24.8 Å². The van der Waals surface area contributed by atoms with Gasteiger partial charge in [-0.25, -0.2) is 20.0 Å². The second-order valence-electron chi connectivity index (χ2n) is 8.44. The Kier molecular flexibility index (Phi) is 6.45. The average molecular weight is 465 g/mol. The first-order valence-electron chi connectivity index (χ1n) is 10.6. The van der Waals surface area contributed by atoms with Crippen LogP contribution in [0.2, 0.25) is 0 Å². The molecule has 0 spiro atoms. The van der Waals surface area contributed by atoms with E-state index in [0.717, 1.165) is 31.4 Å².